The highest BCUT2D eigenvalue weighted by atomic mass is 16.7. The summed E-state index contributed by atoms with van der Waals surface area (Å²) < 4.78 is 12.9. The Bertz CT molecular complexity index is 1020. The van der Waals surface area contributed by atoms with Gasteiger partial charge in [0.25, 0.3) is 0 Å². The summed E-state index contributed by atoms with van der Waals surface area (Å²) in [5, 5.41) is 21.0. The molecule has 2 aromatic rings. The van der Waals surface area contributed by atoms with E-state index in [2.05, 4.69) is 10.2 Å². The van der Waals surface area contributed by atoms with E-state index in [-0.39, 0.29) is 31.1 Å². The van der Waals surface area contributed by atoms with Gasteiger partial charge in [-0.3, -0.25) is 9.59 Å². The first-order valence-electron chi connectivity index (χ1n) is 13.8. The molecule has 0 saturated carbocycles. The zero-order valence-electron chi connectivity index (χ0n) is 22.0. The van der Waals surface area contributed by atoms with Gasteiger partial charge in [-0.15, -0.1) is 0 Å². The predicted octanol–water partition coefficient (Wildman–Crippen LogP) is 5.18. The number of aliphatic hydroxyl groups is 1. The third-order valence-corrected chi connectivity index (χ3v) is 7.29. The molecular weight excluding hydrogens is 484 g/mol. The average molecular weight is 525 g/mol. The van der Waals surface area contributed by atoms with E-state index in [0.717, 1.165) is 49.2 Å². The molecule has 3 atom stereocenters. The smallest absolute Gasteiger partial charge is 0.303 e. The number of benzene rings is 2. The molecule has 4 rings (SSSR count). The third kappa shape index (κ3) is 8.63. The minimum absolute atomic E-state index is 0.0166. The number of carboxylic acid groups (broad SMARTS) is 1. The number of likely N-dealkylation sites (tertiary alicyclic amines) is 1. The lowest BCUT2D eigenvalue weighted by Crippen LogP contribution is -2.41. The topological polar surface area (TPSA) is 108 Å². The van der Waals surface area contributed by atoms with Crippen molar-refractivity contribution in [3.8, 4) is 0 Å². The van der Waals surface area contributed by atoms with Crippen molar-refractivity contribution in [2.75, 3.05) is 25.0 Å². The minimum atomic E-state index is -0.802. The van der Waals surface area contributed by atoms with E-state index in [1.807, 2.05) is 48.5 Å². The molecule has 0 unspecified atom stereocenters. The first-order valence-corrected chi connectivity index (χ1v) is 13.8. The van der Waals surface area contributed by atoms with Crippen molar-refractivity contribution < 1.29 is 29.3 Å². The number of ether oxygens (including phenoxy) is 2. The van der Waals surface area contributed by atoms with Crippen molar-refractivity contribution in [1.29, 1.82) is 0 Å². The largest absolute Gasteiger partial charge is 0.481 e. The van der Waals surface area contributed by atoms with Crippen LogP contribution in [0.25, 0.3) is 0 Å². The molecule has 0 aliphatic carbocycles. The second kappa shape index (κ2) is 14.4. The monoisotopic (exact) mass is 524 g/mol. The zero-order valence-corrected chi connectivity index (χ0v) is 22.0. The number of nitrogens with one attached hydrogen (secondary N) is 1. The number of hydrogen-bond acceptors (Lipinski definition) is 6. The van der Waals surface area contributed by atoms with Gasteiger partial charge in [0.15, 0.2) is 6.29 Å². The summed E-state index contributed by atoms with van der Waals surface area (Å²) in [4.78, 5) is 25.4. The quantitative estimate of drug-likeness (QED) is 0.328. The molecule has 0 radical (unpaired) electrons. The predicted molar refractivity (Wildman–Crippen MR) is 145 cm³/mol. The molecule has 2 aliphatic heterocycles. The van der Waals surface area contributed by atoms with Gasteiger partial charge in [-0.05, 0) is 62.0 Å². The van der Waals surface area contributed by atoms with E-state index in [4.69, 9.17) is 14.6 Å². The number of carboxylic acids is 1. The molecule has 2 aliphatic rings. The van der Waals surface area contributed by atoms with Gasteiger partial charge in [0.05, 0.1) is 18.8 Å². The Kier molecular flexibility index (Phi) is 10.7. The molecule has 2 fully saturated rings. The van der Waals surface area contributed by atoms with Crippen LogP contribution in [0.15, 0.2) is 48.5 Å². The van der Waals surface area contributed by atoms with E-state index in [9.17, 15) is 14.7 Å². The molecular formula is C30H40N2O6. The Hall–Kier alpha value is -2.78. The summed E-state index contributed by atoms with van der Waals surface area (Å²) in [6.07, 6.45) is 6.41. The molecule has 0 bridgehead atoms. The maximum Gasteiger partial charge on any atom is 0.303 e. The Morgan fingerprint density at radius 2 is 1.55 bits per heavy atom. The van der Waals surface area contributed by atoms with Crippen molar-refractivity contribution in [2.24, 2.45) is 0 Å². The van der Waals surface area contributed by atoms with Gasteiger partial charge in [-0.2, -0.15) is 0 Å². The molecule has 38 heavy (non-hydrogen) atoms. The second-order valence-corrected chi connectivity index (χ2v) is 10.3. The maximum absolute atomic E-state index is 12.3. The zero-order chi connectivity index (χ0) is 26.7. The van der Waals surface area contributed by atoms with Gasteiger partial charge in [-0.25, -0.2) is 0 Å². The van der Waals surface area contributed by atoms with E-state index < -0.39 is 12.3 Å². The van der Waals surface area contributed by atoms with Crippen LogP contribution in [0.4, 0.5) is 5.69 Å². The summed E-state index contributed by atoms with van der Waals surface area (Å²) in [5.74, 6) is -0.879. The van der Waals surface area contributed by atoms with Gasteiger partial charge in [-0.1, -0.05) is 49.2 Å². The standard InChI is InChI=1S/C30H40N2O6/c33-21-22-9-11-23(12-10-22)27-19-26(20-32-17-5-2-6-18-32)37-30(38-27)24-13-15-25(16-14-24)31-28(34)7-3-1-4-8-29(35)36/h9-16,26-27,30,33H,1-8,17-21H2,(H,31,34)(H,35,36)/t26-,27+,30+/m1/s1. The number of rotatable bonds is 12. The Morgan fingerprint density at radius 1 is 0.868 bits per heavy atom. The molecule has 2 aromatic carbocycles. The summed E-state index contributed by atoms with van der Waals surface area (Å²) in [5.41, 5.74) is 3.56. The summed E-state index contributed by atoms with van der Waals surface area (Å²) >= 11 is 0. The second-order valence-electron chi connectivity index (χ2n) is 10.3. The van der Waals surface area contributed by atoms with Crippen molar-refractivity contribution in [3.05, 3.63) is 65.2 Å². The van der Waals surface area contributed by atoms with Crippen LogP contribution < -0.4 is 5.32 Å². The van der Waals surface area contributed by atoms with Gasteiger partial charge in [0.2, 0.25) is 5.91 Å². The number of amides is 1. The lowest BCUT2D eigenvalue weighted by atomic mass is 9.99. The molecule has 0 spiro atoms. The molecule has 206 valence electrons. The molecule has 3 N–H and O–H groups in total. The average Bonchev–Trinajstić information content (AvgIpc) is 2.93. The van der Waals surface area contributed by atoms with E-state index in [1.54, 1.807) is 0 Å². The summed E-state index contributed by atoms with van der Waals surface area (Å²) in [6.45, 7) is 3.11. The minimum Gasteiger partial charge on any atom is -0.481 e. The fourth-order valence-electron chi connectivity index (χ4n) is 5.15. The van der Waals surface area contributed by atoms with Crippen LogP contribution in [-0.2, 0) is 25.7 Å². The van der Waals surface area contributed by atoms with Crippen LogP contribution in [0, 0.1) is 0 Å². The first-order chi connectivity index (χ1) is 18.5. The number of carbonyl (C=O) groups excluding carboxylic acids is 1. The number of aliphatic carboxylic acids is 1. The highest BCUT2D eigenvalue weighted by Gasteiger charge is 2.33. The molecule has 2 heterocycles. The molecule has 2 saturated heterocycles. The summed E-state index contributed by atoms with van der Waals surface area (Å²) in [7, 11) is 0. The highest BCUT2D eigenvalue weighted by Crippen LogP contribution is 2.38. The van der Waals surface area contributed by atoms with Crippen molar-refractivity contribution >= 4 is 17.6 Å². The van der Waals surface area contributed by atoms with Gasteiger partial charge < -0.3 is 29.9 Å². The van der Waals surface area contributed by atoms with E-state index >= 15 is 0 Å². The fourth-order valence-corrected chi connectivity index (χ4v) is 5.15. The lowest BCUT2D eigenvalue weighted by Gasteiger charge is -2.39. The van der Waals surface area contributed by atoms with Crippen molar-refractivity contribution in [1.82, 2.24) is 4.90 Å². The molecule has 1 amide bonds. The highest BCUT2D eigenvalue weighted by molar-refractivity contribution is 5.90. The third-order valence-electron chi connectivity index (χ3n) is 7.29. The van der Waals surface area contributed by atoms with Gasteiger partial charge in [0.1, 0.15) is 0 Å². The first kappa shape index (κ1) is 28.2. The Balaban J connectivity index is 1.37. The number of hydrogen-bond donors (Lipinski definition) is 3. The van der Waals surface area contributed by atoms with Gasteiger partial charge >= 0.3 is 5.97 Å². The van der Waals surface area contributed by atoms with Crippen molar-refractivity contribution in [2.45, 2.75) is 82.9 Å². The van der Waals surface area contributed by atoms with Crippen LogP contribution >= 0.6 is 0 Å². The molecule has 8 nitrogen and oxygen atoms in total. The normalized spacial score (nSPS) is 22.2. The molecule has 8 heteroatoms. The number of nitrogens with zero attached hydrogens (tertiary/aromatic N) is 1. The Labute approximate surface area is 224 Å². The maximum atomic E-state index is 12.3. The van der Waals surface area contributed by atoms with Gasteiger partial charge in [0, 0.05) is 37.1 Å². The Morgan fingerprint density at radius 3 is 2.24 bits per heavy atom. The van der Waals surface area contributed by atoms with E-state index in [0.29, 0.717) is 24.9 Å². The van der Waals surface area contributed by atoms with Crippen LogP contribution in [0.1, 0.15) is 86.9 Å². The summed E-state index contributed by atoms with van der Waals surface area (Å²) in [6, 6.07) is 15.5. The van der Waals surface area contributed by atoms with Crippen LogP contribution in [-0.4, -0.2) is 52.7 Å². The SMILES string of the molecule is O=C(O)CCCCCC(=O)Nc1ccc([C@H]2O[C@@H](CN3CCCCC3)C[C@@H](c3ccc(CO)cc3)O2)cc1. The van der Waals surface area contributed by atoms with E-state index in [1.165, 1.54) is 19.3 Å². The fraction of sp³-hybridized carbons (Fsp3) is 0.533. The van der Waals surface area contributed by atoms with Crippen LogP contribution in [0.3, 0.4) is 0 Å². The number of anilines is 1. The number of aliphatic hydroxyl groups excluding tert-OH is 1. The number of piperidine rings is 1. The van der Waals surface area contributed by atoms with Crippen LogP contribution in [0.5, 0.6) is 0 Å². The molecule has 0 aromatic heterocycles. The number of unbranched alkanes of at least 4 members (excludes halogenated alkanes) is 2. The lowest BCUT2D eigenvalue weighted by molar-refractivity contribution is -0.253. The number of carbonyl (C=O) groups is 2. The van der Waals surface area contributed by atoms with Crippen molar-refractivity contribution in [3.63, 3.8) is 0 Å². The van der Waals surface area contributed by atoms with Crippen LogP contribution in [0.2, 0.25) is 0 Å².